The molecule has 0 spiro atoms. The molecule has 0 bridgehead atoms. The van der Waals surface area contributed by atoms with Crippen molar-refractivity contribution in [1.29, 1.82) is 0 Å². The highest BCUT2D eigenvalue weighted by molar-refractivity contribution is 7.47. The number of carbonyl (C=O) groups excluding carboxylic acids is 1. The molecule has 9 heteroatoms. The van der Waals surface area contributed by atoms with Gasteiger partial charge in [0.25, 0.3) is 0 Å². The first-order chi connectivity index (χ1) is 30.5. The van der Waals surface area contributed by atoms with Gasteiger partial charge in [0.2, 0.25) is 5.91 Å². The average molecular weight is 908 g/mol. The number of phosphoric acid groups is 1. The van der Waals surface area contributed by atoms with E-state index < -0.39 is 20.0 Å². The highest BCUT2D eigenvalue weighted by Crippen LogP contribution is 2.43. The van der Waals surface area contributed by atoms with E-state index in [4.69, 9.17) is 9.05 Å². The summed E-state index contributed by atoms with van der Waals surface area (Å²) in [4.78, 5) is 23.1. The van der Waals surface area contributed by atoms with Crippen LogP contribution in [0, 0.1) is 0 Å². The molecule has 0 saturated heterocycles. The summed E-state index contributed by atoms with van der Waals surface area (Å²) in [7, 11) is 1.56. The standard InChI is InChI=1S/C54H103N2O6P/c1-6-8-10-12-14-16-18-19-20-21-22-23-24-25-26-27-28-29-30-31-32-33-34-35-36-37-38-40-42-44-46-48-54(58)55-52(51-62-63(59,60)61-50-49-56(3,4)5)53(57)47-45-43-41-39-17-15-13-11-9-7-2/h17-19,21-22,39,45,47,52-53,57H,6-16,20,23-38,40-44,46,48-51H2,1-5H3,(H-,55,58,59,60)/p+1/b19-18-,22-21-,39-17+,47-45+. The Labute approximate surface area is 390 Å². The molecule has 0 saturated carbocycles. The number of aliphatic hydroxyl groups is 1. The largest absolute Gasteiger partial charge is 0.472 e. The van der Waals surface area contributed by atoms with Crippen LogP contribution in [-0.2, 0) is 18.4 Å². The Morgan fingerprint density at radius 3 is 1.38 bits per heavy atom. The minimum atomic E-state index is -4.34. The number of unbranched alkanes of at least 4 members (excludes halogenated alkanes) is 29. The second-order valence-corrected chi connectivity index (χ2v) is 20.7. The fourth-order valence-corrected chi connectivity index (χ4v) is 8.29. The lowest BCUT2D eigenvalue weighted by atomic mass is 10.0. The van der Waals surface area contributed by atoms with Gasteiger partial charge in [0.05, 0.1) is 39.9 Å². The van der Waals surface area contributed by atoms with Gasteiger partial charge in [0.1, 0.15) is 13.2 Å². The maximum atomic E-state index is 12.9. The van der Waals surface area contributed by atoms with Crippen LogP contribution in [-0.4, -0.2) is 73.4 Å². The lowest BCUT2D eigenvalue weighted by Gasteiger charge is -2.25. The van der Waals surface area contributed by atoms with Gasteiger partial charge in [-0.1, -0.05) is 217 Å². The smallest absolute Gasteiger partial charge is 0.387 e. The minimum absolute atomic E-state index is 0.0561. The lowest BCUT2D eigenvalue weighted by Crippen LogP contribution is -2.45. The van der Waals surface area contributed by atoms with E-state index in [0.29, 0.717) is 17.4 Å². The van der Waals surface area contributed by atoms with Crippen molar-refractivity contribution in [3.05, 3.63) is 48.6 Å². The summed E-state index contributed by atoms with van der Waals surface area (Å²) in [6.07, 6.45) is 59.4. The number of likely N-dealkylation sites (N-methyl/N-ethyl adjacent to an activating group) is 1. The summed E-state index contributed by atoms with van der Waals surface area (Å²) in [6, 6.07) is -0.860. The number of hydrogen-bond acceptors (Lipinski definition) is 5. The zero-order valence-electron chi connectivity index (χ0n) is 42.1. The van der Waals surface area contributed by atoms with Gasteiger partial charge in [-0.3, -0.25) is 13.8 Å². The Morgan fingerprint density at radius 2 is 0.921 bits per heavy atom. The van der Waals surface area contributed by atoms with Crippen molar-refractivity contribution in [3.8, 4) is 0 Å². The SMILES string of the molecule is CCCCCC/C=C/CC/C=C/C(O)C(COP(=O)(O)OCC[N+](C)(C)C)NC(=O)CCCCCCCCCCCCCCCCCCCCC/C=C\C/C=C\CCCCCCC. The Hall–Kier alpha value is -1.54. The fourth-order valence-electron chi connectivity index (χ4n) is 7.56. The van der Waals surface area contributed by atoms with Gasteiger partial charge < -0.3 is 19.8 Å². The van der Waals surface area contributed by atoms with Gasteiger partial charge in [0.15, 0.2) is 0 Å². The van der Waals surface area contributed by atoms with Gasteiger partial charge in [-0.15, -0.1) is 0 Å². The van der Waals surface area contributed by atoms with Crippen molar-refractivity contribution in [1.82, 2.24) is 5.32 Å². The van der Waals surface area contributed by atoms with Crippen molar-refractivity contribution in [3.63, 3.8) is 0 Å². The minimum Gasteiger partial charge on any atom is -0.387 e. The van der Waals surface area contributed by atoms with Gasteiger partial charge >= 0.3 is 7.82 Å². The zero-order valence-corrected chi connectivity index (χ0v) is 43.0. The summed E-state index contributed by atoms with van der Waals surface area (Å²) < 4.78 is 23.5. The molecule has 0 heterocycles. The fraction of sp³-hybridized carbons (Fsp3) is 0.833. The van der Waals surface area contributed by atoms with Crippen LogP contribution in [0.4, 0.5) is 0 Å². The second kappa shape index (κ2) is 45.6. The van der Waals surface area contributed by atoms with Gasteiger partial charge in [-0.05, 0) is 64.2 Å². The Morgan fingerprint density at radius 1 is 0.540 bits per heavy atom. The van der Waals surface area contributed by atoms with E-state index in [1.165, 1.54) is 173 Å². The zero-order chi connectivity index (χ0) is 46.4. The molecular weight excluding hydrogens is 804 g/mol. The number of carbonyl (C=O) groups is 1. The van der Waals surface area contributed by atoms with Crippen LogP contribution >= 0.6 is 7.82 Å². The predicted octanol–water partition coefficient (Wildman–Crippen LogP) is 15.6. The molecule has 0 aliphatic carbocycles. The maximum absolute atomic E-state index is 12.9. The third kappa shape index (κ3) is 48.2. The summed E-state index contributed by atoms with van der Waals surface area (Å²) in [5.41, 5.74) is 0. The van der Waals surface area contributed by atoms with Gasteiger partial charge in [-0.2, -0.15) is 0 Å². The summed E-state index contributed by atoms with van der Waals surface area (Å²) in [6.45, 7) is 4.75. The molecule has 0 radical (unpaired) electrons. The van der Waals surface area contributed by atoms with Crippen molar-refractivity contribution in [2.75, 3.05) is 40.9 Å². The molecule has 63 heavy (non-hydrogen) atoms. The molecule has 0 rings (SSSR count). The first-order valence-electron chi connectivity index (χ1n) is 26.5. The molecule has 0 aromatic carbocycles. The molecule has 0 aromatic rings. The molecule has 3 N–H and O–H groups in total. The van der Waals surface area contributed by atoms with Crippen LogP contribution in [0.2, 0.25) is 0 Å². The molecule has 370 valence electrons. The number of quaternary nitrogens is 1. The number of aliphatic hydroxyl groups excluding tert-OH is 1. The molecule has 0 aromatic heterocycles. The quantitative estimate of drug-likeness (QED) is 0.0243. The van der Waals surface area contributed by atoms with Crippen molar-refractivity contribution >= 4 is 13.7 Å². The van der Waals surface area contributed by atoms with Crippen molar-refractivity contribution < 1.29 is 32.9 Å². The predicted molar refractivity (Wildman–Crippen MR) is 272 cm³/mol. The molecule has 0 aliphatic heterocycles. The summed E-state index contributed by atoms with van der Waals surface area (Å²) >= 11 is 0. The number of nitrogens with one attached hydrogen (secondary N) is 1. The Kier molecular flexibility index (Phi) is 44.5. The van der Waals surface area contributed by atoms with E-state index in [1.54, 1.807) is 6.08 Å². The molecule has 3 unspecified atom stereocenters. The molecule has 1 amide bonds. The van der Waals surface area contributed by atoms with Crippen molar-refractivity contribution in [2.24, 2.45) is 0 Å². The van der Waals surface area contributed by atoms with E-state index in [9.17, 15) is 19.4 Å². The van der Waals surface area contributed by atoms with Crippen LogP contribution < -0.4 is 5.32 Å². The number of phosphoric ester groups is 1. The first-order valence-corrected chi connectivity index (χ1v) is 28.0. The van der Waals surface area contributed by atoms with Crippen LogP contribution in [0.5, 0.6) is 0 Å². The van der Waals surface area contributed by atoms with E-state index in [-0.39, 0.29) is 19.1 Å². The topological polar surface area (TPSA) is 105 Å². The molecule has 8 nitrogen and oxygen atoms in total. The van der Waals surface area contributed by atoms with E-state index in [0.717, 1.165) is 44.9 Å². The third-order valence-electron chi connectivity index (χ3n) is 11.8. The normalized spacial score (nSPS) is 14.5. The average Bonchev–Trinajstić information content (AvgIpc) is 3.24. The number of allylic oxidation sites excluding steroid dienone is 7. The number of hydrogen-bond donors (Lipinski definition) is 3. The highest BCUT2D eigenvalue weighted by Gasteiger charge is 2.27. The molecular formula is C54H104N2O6P+. The second-order valence-electron chi connectivity index (χ2n) is 19.2. The van der Waals surface area contributed by atoms with Crippen molar-refractivity contribution in [2.45, 2.75) is 251 Å². The van der Waals surface area contributed by atoms with Crippen LogP contribution in [0.1, 0.15) is 239 Å². The molecule has 0 fully saturated rings. The molecule has 0 aliphatic rings. The number of nitrogens with zero attached hydrogens (tertiary/aromatic N) is 1. The number of amides is 1. The van der Waals surface area contributed by atoms with Gasteiger partial charge in [0, 0.05) is 6.42 Å². The van der Waals surface area contributed by atoms with Crippen LogP contribution in [0.25, 0.3) is 0 Å². The highest BCUT2D eigenvalue weighted by atomic mass is 31.2. The van der Waals surface area contributed by atoms with E-state index in [1.807, 2.05) is 27.2 Å². The first kappa shape index (κ1) is 61.5. The number of rotatable bonds is 48. The molecule has 3 atom stereocenters. The Bertz CT molecular complexity index is 1170. The lowest BCUT2D eigenvalue weighted by molar-refractivity contribution is -0.870. The Balaban J connectivity index is 4.01. The van der Waals surface area contributed by atoms with Crippen LogP contribution in [0.3, 0.4) is 0 Å². The van der Waals surface area contributed by atoms with Gasteiger partial charge in [-0.25, -0.2) is 4.57 Å². The maximum Gasteiger partial charge on any atom is 0.472 e. The van der Waals surface area contributed by atoms with E-state index in [2.05, 4.69) is 55.6 Å². The van der Waals surface area contributed by atoms with Crippen LogP contribution in [0.15, 0.2) is 48.6 Å². The van der Waals surface area contributed by atoms with E-state index >= 15 is 0 Å². The summed E-state index contributed by atoms with van der Waals surface area (Å²) in [5.74, 6) is -0.187. The summed E-state index contributed by atoms with van der Waals surface area (Å²) in [5, 5.41) is 13.8. The monoisotopic (exact) mass is 908 g/mol. The third-order valence-corrected chi connectivity index (χ3v) is 12.8.